The maximum absolute atomic E-state index is 13.1. The smallest absolute Gasteiger partial charge is 0.489 e. The van der Waals surface area contributed by atoms with E-state index in [2.05, 4.69) is 4.74 Å². The highest BCUT2D eigenvalue weighted by Crippen LogP contribution is 2.40. The number of rotatable bonds is 7. The second-order valence-corrected chi connectivity index (χ2v) is 7.32. The van der Waals surface area contributed by atoms with Crippen LogP contribution < -0.4 is 14.4 Å². The van der Waals surface area contributed by atoms with Crippen LogP contribution in [0.2, 0.25) is 0 Å². The number of benzene rings is 2. The molecular weight excluding hydrogens is 444 g/mol. The van der Waals surface area contributed by atoms with Gasteiger partial charge < -0.3 is 19.5 Å². The number of hydrogen-bond acceptors (Lipinski definition) is 4. The van der Waals surface area contributed by atoms with Crippen LogP contribution in [0.4, 0.5) is 32.0 Å². The van der Waals surface area contributed by atoms with Crippen LogP contribution in [-0.2, 0) is 11.4 Å². The van der Waals surface area contributed by atoms with Gasteiger partial charge in [-0.1, -0.05) is 18.2 Å². The maximum atomic E-state index is 13.1. The van der Waals surface area contributed by atoms with Crippen LogP contribution in [0.3, 0.4) is 0 Å². The zero-order valence-corrected chi connectivity index (χ0v) is 16.5. The molecule has 1 saturated heterocycles. The molecule has 1 aliphatic rings. The van der Waals surface area contributed by atoms with Crippen LogP contribution in [0.25, 0.3) is 0 Å². The Morgan fingerprint density at radius 1 is 1.03 bits per heavy atom. The minimum absolute atomic E-state index is 0.156. The van der Waals surface area contributed by atoms with Crippen LogP contribution >= 0.6 is 0 Å². The molecule has 1 N–H and O–H groups in total. The molecule has 174 valence electrons. The zero-order chi connectivity index (χ0) is 23.5. The molecule has 0 aromatic heterocycles. The van der Waals surface area contributed by atoms with Crippen molar-refractivity contribution >= 4 is 11.7 Å². The predicted octanol–water partition coefficient (Wildman–Crippen LogP) is 5.40. The molecule has 0 radical (unpaired) electrons. The standard InChI is InChI=1S/C21H19F6NO4/c22-20(23,24)14-9-16(10-19(29)30)28(11-14)15-5-7-17(8-6-15)31-12-13-3-1-2-4-18(13)32-21(25,26)27/h1-8,14,16H,9-12H2,(H,29,30). The molecule has 0 spiro atoms. The van der Waals surface area contributed by atoms with E-state index in [-0.39, 0.29) is 30.9 Å². The molecule has 1 heterocycles. The Morgan fingerprint density at radius 2 is 1.69 bits per heavy atom. The molecule has 11 heteroatoms. The molecule has 0 bridgehead atoms. The minimum Gasteiger partial charge on any atom is -0.489 e. The summed E-state index contributed by atoms with van der Waals surface area (Å²) in [6, 6.07) is 10.6. The van der Waals surface area contributed by atoms with Gasteiger partial charge in [0.25, 0.3) is 0 Å². The highest BCUT2D eigenvalue weighted by Gasteiger charge is 2.47. The number of para-hydroxylation sites is 1. The van der Waals surface area contributed by atoms with Gasteiger partial charge in [-0.15, -0.1) is 13.2 Å². The zero-order valence-electron chi connectivity index (χ0n) is 16.5. The van der Waals surface area contributed by atoms with Gasteiger partial charge in [-0.05, 0) is 36.8 Å². The van der Waals surface area contributed by atoms with Gasteiger partial charge in [-0.2, -0.15) is 13.2 Å². The second-order valence-electron chi connectivity index (χ2n) is 7.32. The molecule has 1 fully saturated rings. The van der Waals surface area contributed by atoms with E-state index in [1.807, 2.05) is 0 Å². The van der Waals surface area contributed by atoms with Gasteiger partial charge in [0.15, 0.2) is 0 Å². The summed E-state index contributed by atoms with van der Waals surface area (Å²) in [7, 11) is 0. The number of nitrogens with zero attached hydrogens (tertiary/aromatic N) is 1. The molecule has 3 rings (SSSR count). The largest absolute Gasteiger partial charge is 0.573 e. The number of aliphatic carboxylic acids is 1. The Kier molecular flexibility index (Phi) is 6.75. The van der Waals surface area contributed by atoms with Crippen LogP contribution in [0.1, 0.15) is 18.4 Å². The molecule has 2 atom stereocenters. The average Bonchev–Trinajstić information content (AvgIpc) is 3.10. The summed E-state index contributed by atoms with van der Waals surface area (Å²) < 4.78 is 86.4. The number of hydrogen-bond donors (Lipinski definition) is 1. The number of halogens is 6. The van der Waals surface area contributed by atoms with Crippen molar-refractivity contribution in [3.05, 3.63) is 54.1 Å². The lowest BCUT2D eigenvalue weighted by atomic mass is 10.0. The van der Waals surface area contributed by atoms with Crippen molar-refractivity contribution in [2.75, 3.05) is 11.4 Å². The third-order valence-corrected chi connectivity index (χ3v) is 5.05. The van der Waals surface area contributed by atoms with Gasteiger partial charge in [0.05, 0.1) is 12.3 Å². The first kappa shape index (κ1) is 23.6. The average molecular weight is 463 g/mol. The molecule has 32 heavy (non-hydrogen) atoms. The van der Waals surface area contributed by atoms with E-state index in [9.17, 15) is 31.1 Å². The molecule has 2 unspecified atom stereocenters. The van der Waals surface area contributed by atoms with Crippen LogP contribution in [0, 0.1) is 5.92 Å². The predicted molar refractivity (Wildman–Crippen MR) is 101 cm³/mol. The molecule has 1 aliphatic heterocycles. The highest BCUT2D eigenvalue weighted by atomic mass is 19.4. The summed E-state index contributed by atoms with van der Waals surface area (Å²) in [4.78, 5) is 12.5. The summed E-state index contributed by atoms with van der Waals surface area (Å²) in [6.45, 7) is -0.586. The topological polar surface area (TPSA) is 59.0 Å². The third-order valence-electron chi connectivity index (χ3n) is 5.05. The minimum atomic E-state index is -4.85. The fraction of sp³-hybridized carbons (Fsp3) is 0.381. The first-order valence-electron chi connectivity index (χ1n) is 9.54. The van der Waals surface area contributed by atoms with Gasteiger partial charge in [0.2, 0.25) is 0 Å². The lowest BCUT2D eigenvalue weighted by Crippen LogP contribution is -2.32. The SMILES string of the molecule is O=C(O)CC1CC(C(F)(F)F)CN1c1ccc(OCc2ccccc2OC(F)(F)F)cc1. The molecular formula is C21H19F6NO4. The Morgan fingerprint density at radius 3 is 2.28 bits per heavy atom. The summed E-state index contributed by atoms with van der Waals surface area (Å²) in [6.07, 6.45) is -10.0. The number of alkyl halides is 6. The second kappa shape index (κ2) is 9.17. The van der Waals surface area contributed by atoms with E-state index in [1.165, 1.54) is 47.4 Å². The molecule has 0 aliphatic carbocycles. The van der Waals surface area contributed by atoms with E-state index >= 15 is 0 Å². The Bertz CT molecular complexity index is 929. The normalized spacial score (nSPS) is 19.1. The van der Waals surface area contributed by atoms with Crippen molar-refractivity contribution in [1.82, 2.24) is 0 Å². The van der Waals surface area contributed by atoms with Crippen molar-refractivity contribution in [3.8, 4) is 11.5 Å². The van der Waals surface area contributed by atoms with E-state index in [0.717, 1.165) is 6.07 Å². The number of anilines is 1. The third kappa shape index (κ3) is 6.21. The molecule has 5 nitrogen and oxygen atoms in total. The van der Waals surface area contributed by atoms with Crippen molar-refractivity contribution in [1.29, 1.82) is 0 Å². The van der Waals surface area contributed by atoms with Crippen LogP contribution in [-0.4, -0.2) is 36.2 Å². The van der Waals surface area contributed by atoms with E-state index in [4.69, 9.17) is 9.84 Å². The monoisotopic (exact) mass is 463 g/mol. The van der Waals surface area contributed by atoms with Crippen molar-refractivity contribution in [2.24, 2.45) is 5.92 Å². The Labute approximate surface area is 179 Å². The maximum Gasteiger partial charge on any atom is 0.573 e. The van der Waals surface area contributed by atoms with Gasteiger partial charge in [-0.3, -0.25) is 4.79 Å². The Balaban J connectivity index is 1.69. The Hall–Kier alpha value is -3.11. The number of carboxylic acid groups (broad SMARTS) is 1. The quantitative estimate of drug-likeness (QED) is 0.558. The van der Waals surface area contributed by atoms with Gasteiger partial charge >= 0.3 is 18.5 Å². The first-order valence-corrected chi connectivity index (χ1v) is 9.54. The summed E-state index contributed by atoms with van der Waals surface area (Å²) >= 11 is 0. The molecule has 0 amide bonds. The molecule has 0 saturated carbocycles. The van der Waals surface area contributed by atoms with E-state index < -0.39 is 42.6 Å². The van der Waals surface area contributed by atoms with Gasteiger partial charge in [0, 0.05) is 23.8 Å². The number of ether oxygens (including phenoxy) is 2. The van der Waals surface area contributed by atoms with Crippen LogP contribution in [0.5, 0.6) is 11.5 Å². The molecule has 2 aromatic carbocycles. The fourth-order valence-corrected chi connectivity index (χ4v) is 3.61. The van der Waals surface area contributed by atoms with Gasteiger partial charge in [-0.25, -0.2) is 0 Å². The lowest BCUT2D eigenvalue weighted by molar-refractivity contribution is -0.275. The van der Waals surface area contributed by atoms with Crippen molar-refractivity contribution in [3.63, 3.8) is 0 Å². The summed E-state index contributed by atoms with van der Waals surface area (Å²) in [5, 5.41) is 9.03. The summed E-state index contributed by atoms with van der Waals surface area (Å²) in [5.41, 5.74) is 0.555. The highest BCUT2D eigenvalue weighted by molar-refractivity contribution is 5.69. The summed E-state index contributed by atoms with van der Waals surface area (Å²) in [5.74, 6) is -2.95. The number of carbonyl (C=O) groups is 1. The van der Waals surface area contributed by atoms with Crippen LogP contribution in [0.15, 0.2) is 48.5 Å². The first-order chi connectivity index (χ1) is 14.9. The van der Waals surface area contributed by atoms with E-state index in [0.29, 0.717) is 5.69 Å². The van der Waals surface area contributed by atoms with E-state index in [1.54, 1.807) is 0 Å². The van der Waals surface area contributed by atoms with Gasteiger partial charge in [0.1, 0.15) is 18.1 Å². The number of carboxylic acids is 1. The lowest BCUT2D eigenvalue weighted by Gasteiger charge is -2.26. The fourth-order valence-electron chi connectivity index (χ4n) is 3.61. The van der Waals surface area contributed by atoms with Crippen molar-refractivity contribution in [2.45, 2.75) is 38.0 Å². The molecule has 2 aromatic rings. The van der Waals surface area contributed by atoms with Crippen molar-refractivity contribution < 1.29 is 45.7 Å².